The van der Waals surface area contributed by atoms with Gasteiger partial charge in [-0.05, 0) is 30.9 Å². The van der Waals surface area contributed by atoms with Crippen LogP contribution in [0, 0.1) is 11.7 Å². The van der Waals surface area contributed by atoms with Crippen molar-refractivity contribution in [2.24, 2.45) is 5.92 Å². The molecular formula is C20H29ClFN3O6S. The number of nitrogens with one attached hydrogen (secondary N) is 1. The van der Waals surface area contributed by atoms with Gasteiger partial charge in [-0.3, -0.25) is 10.0 Å². The van der Waals surface area contributed by atoms with Gasteiger partial charge in [-0.25, -0.2) is 18.3 Å². The number of hydrogen-bond donors (Lipinski definition) is 2. The summed E-state index contributed by atoms with van der Waals surface area (Å²) in [5.74, 6) is -0.606. The Labute approximate surface area is 193 Å². The Kier molecular flexibility index (Phi) is 7.87. The summed E-state index contributed by atoms with van der Waals surface area (Å²) in [6.45, 7) is 1.81. The van der Waals surface area contributed by atoms with Crippen LogP contribution in [0.3, 0.4) is 0 Å². The summed E-state index contributed by atoms with van der Waals surface area (Å²) in [5, 5.41) is 9.15. The molecule has 2 aliphatic heterocycles. The highest BCUT2D eigenvalue weighted by Crippen LogP contribution is 2.34. The van der Waals surface area contributed by atoms with E-state index in [4.69, 9.17) is 14.7 Å². The third-order valence-corrected chi connectivity index (χ3v) is 8.97. The SMILES string of the molecule is Cl.O=C(NO)C1(S(=O)(=O)N2CCN(c3ccc(OCC4CC4)c(F)c3)CC2)CCOCC1. The first kappa shape index (κ1) is 25.0. The molecule has 1 saturated carbocycles. The topological polar surface area (TPSA) is 108 Å². The van der Waals surface area contributed by atoms with Crippen LogP contribution in [0.1, 0.15) is 25.7 Å². The molecule has 0 bridgehead atoms. The molecule has 0 aromatic heterocycles. The van der Waals surface area contributed by atoms with Crippen LogP contribution < -0.4 is 15.1 Å². The fourth-order valence-electron chi connectivity index (χ4n) is 4.13. The van der Waals surface area contributed by atoms with E-state index in [1.165, 1.54) is 15.9 Å². The minimum atomic E-state index is -4.03. The molecule has 32 heavy (non-hydrogen) atoms. The Bertz CT molecular complexity index is 916. The summed E-state index contributed by atoms with van der Waals surface area (Å²) >= 11 is 0. The number of carbonyl (C=O) groups is 1. The highest BCUT2D eigenvalue weighted by Gasteiger charge is 2.54. The van der Waals surface area contributed by atoms with Crippen LogP contribution in [0.25, 0.3) is 0 Å². The lowest BCUT2D eigenvalue weighted by Crippen LogP contribution is -2.62. The van der Waals surface area contributed by atoms with Gasteiger partial charge in [0.05, 0.1) is 6.61 Å². The summed E-state index contributed by atoms with van der Waals surface area (Å²) in [5.41, 5.74) is 2.18. The average Bonchev–Trinajstić information content (AvgIpc) is 3.62. The van der Waals surface area contributed by atoms with Gasteiger partial charge in [0.1, 0.15) is 0 Å². The van der Waals surface area contributed by atoms with Gasteiger partial charge in [0.2, 0.25) is 10.0 Å². The van der Waals surface area contributed by atoms with E-state index in [1.807, 2.05) is 4.90 Å². The molecule has 0 atom stereocenters. The first-order valence-electron chi connectivity index (χ1n) is 10.6. The van der Waals surface area contributed by atoms with Crippen LogP contribution in [0.2, 0.25) is 0 Å². The molecule has 9 nitrogen and oxygen atoms in total. The Hall–Kier alpha value is -1.66. The Morgan fingerprint density at radius 1 is 1.22 bits per heavy atom. The van der Waals surface area contributed by atoms with E-state index in [9.17, 15) is 17.6 Å². The third-order valence-electron chi connectivity index (χ3n) is 6.34. The second-order valence-corrected chi connectivity index (χ2v) is 10.6. The van der Waals surface area contributed by atoms with Crippen molar-refractivity contribution < 1.29 is 32.3 Å². The number of carbonyl (C=O) groups excluding carboxylic acids is 1. The van der Waals surface area contributed by atoms with Crippen molar-refractivity contribution in [3.63, 3.8) is 0 Å². The molecule has 0 spiro atoms. The van der Waals surface area contributed by atoms with Gasteiger partial charge in [0, 0.05) is 64.0 Å². The molecular weight excluding hydrogens is 465 g/mol. The molecule has 180 valence electrons. The number of amides is 1. The van der Waals surface area contributed by atoms with E-state index in [-0.39, 0.29) is 57.3 Å². The van der Waals surface area contributed by atoms with Crippen molar-refractivity contribution in [2.75, 3.05) is 50.9 Å². The third kappa shape index (κ3) is 4.81. The number of piperazine rings is 1. The maximum Gasteiger partial charge on any atom is 0.266 e. The summed E-state index contributed by atoms with van der Waals surface area (Å²) in [6, 6.07) is 4.79. The van der Waals surface area contributed by atoms with Gasteiger partial charge in [-0.2, -0.15) is 4.31 Å². The van der Waals surface area contributed by atoms with Crippen molar-refractivity contribution in [1.82, 2.24) is 9.79 Å². The zero-order chi connectivity index (χ0) is 22.1. The Morgan fingerprint density at radius 3 is 2.44 bits per heavy atom. The van der Waals surface area contributed by atoms with E-state index in [2.05, 4.69) is 0 Å². The molecule has 1 aromatic rings. The molecule has 2 N–H and O–H groups in total. The van der Waals surface area contributed by atoms with Crippen LogP contribution in [0.5, 0.6) is 5.75 Å². The normalized spacial score (nSPS) is 21.5. The number of anilines is 1. The molecule has 3 aliphatic rings. The number of hydrogen-bond acceptors (Lipinski definition) is 7. The number of nitrogens with zero attached hydrogens (tertiary/aromatic N) is 2. The second-order valence-electron chi connectivity index (χ2n) is 8.31. The summed E-state index contributed by atoms with van der Waals surface area (Å²) in [6.07, 6.45) is 2.22. The van der Waals surface area contributed by atoms with E-state index in [0.717, 1.165) is 12.8 Å². The quantitative estimate of drug-likeness (QED) is 0.438. The van der Waals surface area contributed by atoms with Crippen LogP contribution in [0.4, 0.5) is 10.1 Å². The number of halogens is 2. The largest absolute Gasteiger partial charge is 0.490 e. The van der Waals surface area contributed by atoms with Crippen LogP contribution in [-0.2, 0) is 19.6 Å². The van der Waals surface area contributed by atoms with Gasteiger partial charge in [-0.15, -0.1) is 12.4 Å². The van der Waals surface area contributed by atoms with Crippen molar-refractivity contribution in [3.05, 3.63) is 24.0 Å². The van der Waals surface area contributed by atoms with Crippen molar-refractivity contribution >= 4 is 34.0 Å². The van der Waals surface area contributed by atoms with Gasteiger partial charge in [0.25, 0.3) is 5.91 Å². The molecule has 1 amide bonds. The van der Waals surface area contributed by atoms with E-state index >= 15 is 0 Å². The van der Waals surface area contributed by atoms with Crippen LogP contribution >= 0.6 is 12.4 Å². The smallest absolute Gasteiger partial charge is 0.266 e. The molecule has 2 heterocycles. The van der Waals surface area contributed by atoms with Crippen molar-refractivity contribution in [1.29, 1.82) is 0 Å². The molecule has 1 aromatic carbocycles. The lowest BCUT2D eigenvalue weighted by atomic mass is 9.98. The molecule has 2 saturated heterocycles. The molecule has 3 fully saturated rings. The highest BCUT2D eigenvalue weighted by atomic mass is 35.5. The highest BCUT2D eigenvalue weighted by molar-refractivity contribution is 7.91. The first-order valence-corrected chi connectivity index (χ1v) is 12.0. The maximum absolute atomic E-state index is 14.4. The average molecular weight is 494 g/mol. The molecule has 4 rings (SSSR count). The van der Waals surface area contributed by atoms with E-state index in [0.29, 0.717) is 31.3 Å². The molecule has 0 unspecified atom stereocenters. The number of sulfonamides is 1. The van der Waals surface area contributed by atoms with Gasteiger partial charge >= 0.3 is 0 Å². The van der Waals surface area contributed by atoms with Crippen LogP contribution in [0.15, 0.2) is 18.2 Å². The lowest BCUT2D eigenvalue weighted by Gasteiger charge is -2.42. The predicted molar refractivity (Wildman–Crippen MR) is 117 cm³/mol. The van der Waals surface area contributed by atoms with E-state index < -0.39 is 26.5 Å². The Morgan fingerprint density at radius 2 is 1.88 bits per heavy atom. The molecule has 1 aliphatic carbocycles. The number of rotatable bonds is 7. The monoisotopic (exact) mass is 493 g/mol. The van der Waals surface area contributed by atoms with Crippen LogP contribution in [-0.4, -0.2) is 74.6 Å². The zero-order valence-corrected chi connectivity index (χ0v) is 19.3. The second kappa shape index (κ2) is 10.1. The maximum atomic E-state index is 14.4. The van der Waals surface area contributed by atoms with Crippen molar-refractivity contribution in [3.8, 4) is 5.75 Å². The fraction of sp³-hybridized carbons (Fsp3) is 0.650. The molecule has 0 radical (unpaired) electrons. The summed E-state index contributed by atoms with van der Waals surface area (Å²) in [7, 11) is -4.03. The molecule has 12 heteroatoms. The Balaban J connectivity index is 0.00000289. The van der Waals surface area contributed by atoms with Crippen molar-refractivity contribution in [2.45, 2.75) is 30.4 Å². The summed E-state index contributed by atoms with van der Waals surface area (Å²) < 4.78 is 51.4. The predicted octanol–water partition coefficient (Wildman–Crippen LogP) is 1.54. The minimum Gasteiger partial charge on any atom is -0.490 e. The fourth-order valence-corrected chi connectivity index (χ4v) is 6.24. The van der Waals surface area contributed by atoms with Gasteiger partial charge < -0.3 is 14.4 Å². The summed E-state index contributed by atoms with van der Waals surface area (Å²) in [4.78, 5) is 14.3. The number of ether oxygens (including phenoxy) is 2. The van der Waals surface area contributed by atoms with E-state index in [1.54, 1.807) is 12.1 Å². The van der Waals surface area contributed by atoms with Gasteiger partial charge in [0.15, 0.2) is 16.3 Å². The zero-order valence-electron chi connectivity index (χ0n) is 17.7. The standard InChI is InChI=1S/C20H28FN3O6S.ClH/c21-17-13-16(3-4-18(17)30-14-15-1-2-15)23-7-9-24(10-8-23)31(27,28)20(19(25)22-26)5-11-29-12-6-20;/h3-4,13,15,26H,1-2,5-12,14H2,(H,22,25);1H. The number of benzene rings is 1. The minimum absolute atomic E-state index is 0. The van der Waals surface area contributed by atoms with Gasteiger partial charge in [-0.1, -0.05) is 0 Å². The number of hydroxylamine groups is 1. The first-order chi connectivity index (χ1) is 14.9. The lowest BCUT2D eigenvalue weighted by molar-refractivity contribution is -0.134.